The summed E-state index contributed by atoms with van der Waals surface area (Å²) in [6.45, 7) is 0.631. The highest BCUT2D eigenvalue weighted by molar-refractivity contribution is 6.30. The van der Waals surface area contributed by atoms with Crippen molar-refractivity contribution >= 4 is 17.3 Å². The van der Waals surface area contributed by atoms with Crippen molar-refractivity contribution in [3.8, 4) is 5.75 Å². The summed E-state index contributed by atoms with van der Waals surface area (Å²) in [5.41, 5.74) is 1.49. The molecule has 1 aromatic carbocycles. The van der Waals surface area contributed by atoms with Gasteiger partial charge in [-0.2, -0.15) is 0 Å². The van der Waals surface area contributed by atoms with Gasteiger partial charge in [0.05, 0.1) is 12.3 Å². The van der Waals surface area contributed by atoms with Gasteiger partial charge in [-0.05, 0) is 31.0 Å². The van der Waals surface area contributed by atoms with Crippen LogP contribution in [0, 0.1) is 0 Å². The molecule has 1 heterocycles. The molecule has 2 rings (SSSR count). The highest BCUT2D eigenvalue weighted by Gasteiger charge is 2.15. The minimum atomic E-state index is 0.628. The van der Waals surface area contributed by atoms with Crippen molar-refractivity contribution in [2.75, 3.05) is 6.61 Å². The molecule has 0 aromatic heterocycles. The number of hydrogen-bond donors (Lipinski definition) is 1. The Kier molecular flexibility index (Phi) is 2.59. The van der Waals surface area contributed by atoms with Crippen LogP contribution in [0.5, 0.6) is 5.75 Å². The molecule has 1 aliphatic rings. The summed E-state index contributed by atoms with van der Waals surface area (Å²) < 4.78 is 5.48. The van der Waals surface area contributed by atoms with E-state index in [1.165, 1.54) is 0 Å². The average molecular weight is 212 g/mol. The van der Waals surface area contributed by atoms with Gasteiger partial charge in [-0.25, -0.2) is 0 Å². The molecule has 0 spiro atoms. The number of nitrogens with zero attached hydrogens (tertiary/aromatic N) is 1. The molecular weight excluding hydrogens is 202 g/mol. The first kappa shape index (κ1) is 9.34. The van der Waals surface area contributed by atoms with Crippen LogP contribution in [-0.4, -0.2) is 17.5 Å². The molecule has 0 saturated heterocycles. The van der Waals surface area contributed by atoms with Crippen LogP contribution in [0.2, 0.25) is 5.02 Å². The van der Waals surface area contributed by atoms with Crippen molar-refractivity contribution in [2.24, 2.45) is 5.16 Å². The third-order valence-electron chi connectivity index (χ3n) is 2.19. The molecule has 1 N–H and O–H groups in total. The number of fused-ring (bicyclic) bond motifs is 1. The normalized spacial score (nSPS) is 18.5. The van der Waals surface area contributed by atoms with E-state index in [2.05, 4.69) is 5.16 Å². The second kappa shape index (κ2) is 3.88. The molecule has 1 aromatic rings. The van der Waals surface area contributed by atoms with E-state index in [0.717, 1.165) is 18.4 Å². The van der Waals surface area contributed by atoms with E-state index in [-0.39, 0.29) is 0 Å². The molecule has 0 atom stereocenters. The number of halogens is 1. The SMILES string of the molecule is O/N=C1/CCCOc2cc(Cl)ccc21. The number of oxime groups is 1. The zero-order valence-electron chi connectivity index (χ0n) is 7.53. The van der Waals surface area contributed by atoms with Gasteiger partial charge in [0, 0.05) is 10.6 Å². The number of benzene rings is 1. The average Bonchev–Trinajstić information content (AvgIpc) is 2.38. The lowest BCUT2D eigenvalue weighted by Gasteiger charge is -2.06. The van der Waals surface area contributed by atoms with Crippen molar-refractivity contribution in [2.45, 2.75) is 12.8 Å². The van der Waals surface area contributed by atoms with E-state index >= 15 is 0 Å². The molecule has 74 valence electrons. The molecule has 0 aliphatic carbocycles. The minimum Gasteiger partial charge on any atom is -0.493 e. The van der Waals surface area contributed by atoms with Gasteiger partial charge < -0.3 is 9.94 Å². The quantitative estimate of drug-likeness (QED) is 0.530. The Labute approximate surface area is 86.9 Å². The van der Waals surface area contributed by atoms with Crippen LogP contribution in [-0.2, 0) is 0 Å². The van der Waals surface area contributed by atoms with E-state index in [4.69, 9.17) is 21.5 Å². The first-order valence-electron chi connectivity index (χ1n) is 4.45. The van der Waals surface area contributed by atoms with Gasteiger partial charge in [-0.1, -0.05) is 16.8 Å². The monoisotopic (exact) mass is 211 g/mol. The van der Waals surface area contributed by atoms with E-state index in [1.54, 1.807) is 12.1 Å². The number of rotatable bonds is 0. The highest BCUT2D eigenvalue weighted by Crippen LogP contribution is 2.27. The van der Waals surface area contributed by atoms with Crippen molar-refractivity contribution in [3.05, 3.63) is 28.8 Å². The first-order chi connectivity index (χ1) is 6.81. The molecule has 14 heavy (non-hydrogen) atoms. The zero-order chi connectivity index (χ0) is 9.97. The Hall–Kier alpha value is -1.22. The molecule has 0 fully saturated rings. The van der Waals surface area contributed by atoms with Crippen molar-refractivity contribution in [1.82, 2.24) is 0 Å². The fraction of sp³-hybridized carbons (Fsp3) is 0.300. The molecule has 0 bridgehead atoms. The predicted molar refractivity (Wildman–Crippen MR) is 54.5 cm³/mol. The summed E-state index contributed by atoms with van der Waals surface area (Å²) in [4.78, 5) is 0. The lowest BCUT2D eigenvalue weighted by Crippen LogP contribution is -1.99. The zero-order valence-corrected chi connectivity index (χ0v) is 8.29. The third-order valence-corrected chi connectivity index (χ3v) is 2.43. The summed E-state index contributed by atoms with van der Waals surface area (Å²) in [6, 6.07) is 5.33. The van der Waals surface area contributed by atoms with Crippen LogP contribution in [0.3, 0.4) is 0 Å². The lowest BCUT2D eigenvalue weighted by molar-refractivity contribution is 0.314. The van der Waals surface area contributed by atoms with Crippen LogP contribution in [0.4, 0.5) is 0 Å². The Bertz CT molecular complexity index is 376. The van der Waals surface area contributed by atoms with Crippen LogP contribution in [0.1, 0.15) is 18.4 Å². The highest BCUT2D eigenvalue weighted by atomic mass is 35.5. The van der Waals surface area contributed by atoms with Crippen LogP contribution < -0.4 is 4.74 Å². The third kappa shape index (κ3) is 1.68. The molecule has 0 radical (unpaired) electrons. The van der Waals surface area contributed by atoms with Gasteiger partial charge in [0.25, 0.3) is 0 Å². The van der Waals surface area contributed by atoms with Gasteiger partial charge in [0.2, 0.25) is 0 Å². The van der Waals surface area contributed by atoms with Crippen LogP contribution in [0.25, 0.3) is 0 Å². The molecule has 0 unspecified atom stereocenters. The minimum absolute atomic E-state index is 0.628. The largest absolute Gasteiger partial charge is 0.493 e. The molecule has 1 aliphatic heterocycles. The standard InChI is InChI=1S/C10H10ClNO2/c11-7-3-4-8-9(12-13)2-1-5-14-10(8)6-7/h3-4,6,13H,1-2,5H2/b12-9-. The van der Waals surface area contributed by atoms with Crippen molar-refractivity contribution in [3.63, 3.8) is 0 Å². The van der Waals surface area contributed by atoms with Crippen LogP contribution in [0.15, 0.2) is 23.4 Å². The van der Waals surface area contributed by atoms with Gasteiger partial charge in [-0.3, -0.25) is 0 Å². The number of hydrogen-bond acceptors (Lipinski definition) is 3. The summed E-state index contributed by atoms with van der Waals surface area (Å²) in [6.07, 6.45) is 1.58. The lowest BCUT2D eigenvalue weighted by atomic mass is 10.1. The molecule has 0 amide bonds. The van der Waals surface area contributed by atoms with Gasteiger partial charge in [0.15, 0.2) is 0 Å². The van der Waals surface area contributed by atoms with E-state index < -0.39 is 0 Å². The fourth-order valence-electron chi connectivity index (χ4n) is 1.51. The summed E-state index contributed by atoms with van der Waals surface area (Å²) >= 11 is 5.84. The van der Waals surface area contributed by atoms with E-state index in [1.807, 2.05) is 6.07 Å². The van der Waals surface area contributed by atoms with Crippen LogP contribution >= 0.6 is 11.6 Å². The number of ether oxygens (including phenoxy) is 1. The fourth-order valence-corrected chi connectivity index (χ4v) is 1.68. The molecular formula is C10H10ClNO2. The molecule has 0 saturated carbocycles. The topological polar surface area (TPSA) is 41.8 Å². The maximum Gasteiger partial charge on any atom is 0.129 e. The van der Waals surface area contributed by atoms with Gasteiger partial charge >= 0.3 is 0 Å². The van der Waals surface area contributed by atoms with Gasteiger partial charge in [0.1, 0.15) is 5.75 Å². The maximum atomic E-state index is 8.83. The Morgan fingerprint density at radius 1 is 1.43 bits per heavy atom. The maximum absolute atomic E-state index is 8.83. The van der Waals surface area contributed by atoms with Gasteiger partial charge in [-0.15, -0.1) is 0 Å². The van der Waals surface area contributed by atoms with E-state index in [0.29, 0.717) is 23.1 Å². The molecule has 3 nitrogen and oxygen atoms in total. The van der Waals surface area contributed by atoms with E-state index in [9.17, 15) is 0 Å². The summed E-state index contributed by atoms with van der Waals surface area (Å²) in [7, 11) is 0. The smallest absolute Gasteiger partial charge is 0.129 e. The van der Waals surface area contributed by atoms with Crippen molar-refractivity contribution in [1.29, 1.82) is 0 Å². The predicted octanol–water partition coefficient (Wildman–Crippen LogP) is 2.69. The second-order valence-electron chi connectivity index (χ2n) is 3.14. The summed E-state index contributed by atoms with van der Waals surface area (Å²) in [5, 5.41) is 12.7. The van der Waals surface area contributed by atoms with Crippen molar-refractivity contribution < 1.29 is 9.94 Å². The first-order valence-corrected chi connectivity index (χ1v) is 4.82. The summed E-state index contributed by atoms with van der Waals surface area (Å²) in [5.74, 6) is 0.697. The Balaban J connectivity index is 2.50. The Morgan fingerprint density at radius 3 is 3.07 bits per heavy atom. The molecule has 4 heteroatoms. The second-order valence-corrected chi connectivity index (χ2v) is 3.58. The Morgan fingerprint density at radius 2 is 2.29 bits per heavy atom.